The molecule has 6 heteroatoms. The van der Waals surface area contributed by atoms with Gasteiger partial charge in [0.1, 0.15) is 0 Å². The van der Waals surface area contributed by atoms with E-state index >= 15 is 0 Å². The summed E-state index contributed by atoms with van der Waals surface area (Å²) in [5.74, 6) is 0.461. The molecular weight excluding hydrogens is 286 g/mol. The Morgan fingerprint density at radius 3 is 2.71 bits per heavy atom. The molecule has 2 heterocycles. The molecule has 0 saturated heterocycles. The van der Waals surface area contributed by atoms with E-state index in [-0.39, 0.29) is 17.4 Å². The van der Waals surface area contributed by atoms with Gasteiger partial charge in [0, 0.05) is 18.5 Å². The molecule has 2 aliphatic heterocycles. The van der Waals surface area contributed by atoms with Crippen LogP contribution in [0.4, 0.5) is 5.69 Å². The van der Waals surface area contributed by atoms with Gasteiger partial charge in [0.25, 0.3) is 11.8 Å². The van der Waals surface area contributed by atoms with Gasteiger partial charge in [0.05, 0.1) is 16.7 Å². The summed E-state index contributed by atoms with van der Waals surface area (Å²) < 4.78 is 0. The number of hydrogen-bond donors (Lipinski definition) is 1. The van der Waals surface area contributed by atoms with Crippen molar-refractivity contribution in [1.29, 1.82) is 0 Å². The zero-order valence-corrected chi connectivity index (χ0v) is 13.1. The fraction of sp³-hybridized carbons (Fsp3) is 0.400. The molecule has 0 aromatic heterocycles. The van der Waals surface area contributed by atoms with Crippen LogP contribution in [0.15, 0.2) is 23.2 Å². The van der Waals surface area contributed by atoms with Crippen molar-refractivity contribution in [2.45, 2.75) is 25.8 Å². The molecule has 110 valence electrons. The van der Waals surface area contributed by atoms with Gasteiger partial charge in [-0.1, -0.05) is 18.7 Å². The van der Waals surface area contributed by atoms with Crippen molar-refractivity contribution in [2.75, 3.05) is 18.1 Å². The number of rotatable bonds is 2. The maximum atomic E-state index is 12.0. The standard InChI is InChI=1S/C15H17N3O2S/c1-4-15(2)8-21-14(17-15)16-9-5-6-10-11(7-9)13(20)18(3)12(10)19/h5-7H,4,8H2,1-3H3,(H,16,17). The number of aliphatic imine (C=N–C) groups is 1. The number of benzene rings is 1. The molecule has 1 aromatic rings. The summed E-state index contributed by atoms with van der Waals surface area (Å²) in [4.78, 5) is 29.7. The fourth-order valence-electron chi connectivity index (χ4n) is 2.34. The number of thioether (sulfide) groups is 1. The molecule has 0 aliphatic carbocycles. The van der Waals surface area contributed by atoms with Gasteiger partial charge < -0.3 is 5.32 Å². The molecule has 21 heavy (non-hydrogen) atoms. The zero-order chi connectivity index (χ0) is 15.2. The summed E-state index contributed by atoms with van der Waals surface area (Å²) >= 11 is 1.68. The molecule has 0 spiro atoms. The summed E-state index contributed by atoms with van der Waals surface area (Å²) in [5, 5.41) is 4.11. The number of carbonyl (C=O) groups excluding carboxylic acids is 2. The second-order valence-corrected chi connectivity index (χ2v) is 6.57. The quantitative estimate of drug-likeness (QED) is 0.853. The van der Waals surface area contributed by atoms with Gasteiger partial charge in [-0.15, -0.1) is 0 Å². The largest absolute Gasteiger partial charge is 0.335 e. The van der Waals surface area contributed by atoms with Crippen LogP contribution in [0.3, 0.4) is 0 Å². The Bertz CT molecular complexity index is 671. The van der Waals surface area contributed by atoms with Gasteiger partial charge in [-0.2, -0.15) is 0 Å². The Hall–Kier alpha value is -1.82. The van der Waals surface area contributed by atoms with Gasteiger partial charge in [-0.3, -0.25) is 19.5 Å². The number of nitrogens with one attached hydrogen (secondary N) is 1. The number of fused-ring (bicyclic) bond motifs is 1. The summed E-state index contributed by atoms with van der Waals surface area (Å²) in [6.07, 6.45) is 0.993. The van der Waals surface area contributed by atoms with Crippen molar-refractivity contribution in [2.24, 2.45) is 4.99 Å². The summed E-state index contributed by atoms with van der Waals surface area (Å²) in [6.45, 7) is 4.26. The van der Waals surface area contributed by atoms with Crippen LogP contribution in [-0.2, 0) is 0 Å². The molecule has 0 saturated carbocycles. The topological polar surface area (TPSA) is 61.8 Å². The average Bonchev–Trinajstić information content (AvgIpc) is 2.95. The average molecular weight is 303 g/mol. The summed E-state index contributed by atoms with van der Waals surface area (Å²) in [5.41, 5.74) is 1.69. The molecule has 1 N–H and O–H groups in total. The molecule has 2 amide bonds. The van der Waals surface area contributed by atoms with E-state index in [9.17, 15) is 9.59 Å². The van der Waals surface area contributed by atoms with Crippen molar-refractivity contribution < 1.29 is 9.59 Å². The first-order valence-electron chi connectivity index (χ1n) is 6.89. The van der Waals surface area contributed by atoms with Crippen molar-refractivity contribution >= 4 is 34.4 Å². The minimum atomic E-state index is -0.252. The van der Waals surface area contributed by atoms with Crippen molar-refractivity contribution in [3.05, 3.63) is 29.3 Å². The maximum absolute atomic E-state index is 12.0. The van der Waals surface area contributed by atoms with Gasteiger partial charge >= 0.3 is 0 Å². The molecular formula is C15H17N3O2S. The number of amides is 2. The first-order valence-corrected chi connectivity index (χ1v) is 7.88. The van der Waals surface area contributed by atoms with Crippen molar-refractivity contribution in [3.8, 4) is 0 Å². The lowest BCUT2D eigenvalue weighted by Crippen LogP contribution is -2.24. The highest BCUT2D eigenvalue weighted by molar-refractivity contribution is 8.14. The summed E-state index contributed by atoms with van der Waals surface area (Å²) in [6, 6.07) is 5.23. The third kappa shape index (κ3) is 2.33. The molecule has 1 atom stereocenters. The Morgan fingerprint density at radius 1 is 1.33 bits per heavy atom. The molecule has 3 rings (SSSR count). The van der Waals surface area contributed by atoms with E-state index in [1.165, 1.54) is 7.05 Å². The molecule has 5 nitrogen and oxygen atoms in total. The van der Waals surface area contributed by atoms with E-state index in [1.54, 1.807) is 23.9 Å². The lowest BCUT2D eigenvalue weighted by Gasteiger charge is -2.15. The van der Waals surface area contributed by atoms with Crippen LogP contribution in [0, 0.1) is 0 Å². The molecule has 0 radical (unpaired) electrons. The van der Waals surface area contributed by atoms with E-state index in [0.717, 1.165) is 27.9 Å². The van der Waals surface area contributed by atoms with E-state index in [0.29, 0.717) is 11.1 Å². The Balaban J connectivity index is 1.85. The van der Waals surface area contributed by atoms with Crippen LogP contribution in [0.5, 0.6) is 0 Å². The lowest BCUT2D eigenvalue weighted by molar-refractivity contribution is 0.0693. The number of imide groups is 1. The van der Waals surface area contributed by atoms with E-state index in [4.69, 9.17) is 0 Å². The molecule has 2 aliphatic rings. The number of carbonyl (C=O) groups is 2. The Morgan fingerprint density at radius 2 is 2.05 bits per heavy atom. The van der Waals surface area contributed by atoms with Crippen LogP contribution in [-0.4, -0.2) is 40.2 Å². The number of anilines is 1. The number of hydrogen-bond acceptors (Lipinski definition) is 5. The van der Waals surface area contributed by atoms with Gasteiger partial charge in [-0.25, -0.2) is 0 Å². The second kappa shape index (κ2) is 4.87. The number of amidine groups is 1. The highest BCUT2D eigenvalue weighted by Crippen LogP contribution is 2.31. The monoisotopic (exact) mass is 303 g/mol. The lowest BCUT2D eigenvalue weighted by atomic mass is 10.0. The predicted molar refractivity (Wildman–Crippen MR) is 85.1 cm³/mol. The van der Waals surface area contributed by atoms with E-state index in [1.807, 2.05) is 6.07 Å². The van der Waals surface area contributed by atoms with Gasteiger partial charge in [0.15, 0.2) is 5.17 Å². The molecule has 0 fully saturated rings. The second-order valence-electron chi connectivity index (χ2n) is 5.61. The van der Waals surface area contributed by atoms with E-state index < -0.39 is 0 Å². The molecule has 0 bridgehead atoms. The normalized spacial score (nSPS) is 24.3. The summed E-state index contributed by atoms with van der Waals surface area (Å²) in [7, 11) is 1.50. The van der Waals surface area contributed by atoms with Crippen LogP contribution in [0.1, 0.15) is 41.0 Å². The first kappa shape index (κ1) is 14.1. The highest BCUT2D eigenvalue weighted by Gasteiger charge is 2.33. The fourth-order valence-corrected chi connectivity index (χ4v) is 3.53. The predicted octanol–water partition coefficient (Wildman–Crippen LogP) is 2.60. The zero-order valence-electron chi connectivity index (χ0n) is 12.3. The van der Waals surface area contributed by atoms with Crippen LogP contribution < -0.4 is 5.32 Å². The van der Waals surface area contributed by atoms with E-state index in [2.05, 4.69) is 24.2 Å². The van der Waals surface area contributed by atoms with Gasteiger partial charge in [-0.05, 0) is 31.5 Å². The molecule has 1 aromatic carbocycles. The highest BCUT2D eigenvalue weighted by atomic mass is 32.2. The van der Waals surface area contributed by atoms with Gasteiger partial charge in [0.2, 0.25) is 0 Å². The van der Waals surface area contributed by atoms with Crippen LogP contribution in [0.2, 0.25) is 0 Å². The van der Waals surface area contributed by atoms with Crippen LogP contribution >= 0.6 is 11.8 Å². The Kier molecular flexibility index (Phi) is 3.28. The minimum Gasteiger partial charge on any atom is -0.335 e. The third-order valence-corrected chi connectivity index (χ3v) is 5.23. The smallest absolute Gasteiger partial charge is 0.261 e. The first-order chi connectivity index (χ1) is 9.93. The van der Waals surface area contributed by atoms with Crippen molar-refractivity contribution in [1.82, 2.24) is 4.90 Å². The SMILES string of the molecule is CCC1(C)CSC(Nc2ccc3c(c2)C(=O)N(C)C3=O)=N1. The number of nitrogens with zero attached hydrogens (tertiary/aromatic N) is 2. The van der Waals surface area contributed by atoms with Crippen LogP contribution in [0.25, 0.3) is 0 Å². The maximum Gasteiger partial charge on any atom is 0.261 e. The van der Waals surface area contributed by atoms with Crippen molar-refractivity contribution in [3.63, 3.8) is 0 Å². The third-order valence-electron chi connectivity index (χ3n) is 3.99. The Labute approximate surface area is 127 Å². The minimum absolute atomic E-state index is 0.0181. The molecule has 1 unspecified atom stereocenters.